The number of rotatable bonds is 6. The summed E-state index contributed by atoms with van der Waals surface area (Å²) in [6.45, 7) is 6.41. The van der Waals surface area contributed by atoms with E-state index in [0.29, 0.717) is 0 Å². The van der Waals surface area contributed by atoms with Gasteiger partial charge < -0.3 is 5.32 Å². The maximum absolute atomic E-state index is 4.67. The van der Waals surface area contributed by atoms with Crippen LogP contribution in [0.4, 0.5) is 0 Å². The fourth-order valence-corrected chi connectivity index (χ4v) is 2.92. The molecule has 0 aliphatic rings. The predicted molar refractivity (Wildman–Crippen MR) is 79.2 cm³/mol. The average Bonchev–Trinajstić information content (AvgIpc) is 2.77. The fraction of sp³-hybridized carbons (Fsp3) is 0.400. The Morgan fingerprint density at radius 2 is 1.94 bits per heavy atom. The number of nitrogens with one attached hydrogen (secondary N) is 1. The maximum Gasteiger partial charge on any atom is 0.0904 e. The second-order valence-corrected chi connectivity index (χ2v) is 5.66. The largest absolute Gasteiger partial charge is 0.316 e. The minimum absolute atomic E-state index is 1.04. The van der Waals surface area contributed by atoms with Crippen molar-refractivity contribution in [3.05, 3.63) is 40.2 Å². The Labute approximate surface area is 113 Å². The van der Waals surface area contributed by atoms with Gasteiger partial charge in [0, 0.05) is 17.0 Å². The number of aryl methyl sites for hydroxylation is 1. The Hall–Kier alpha value is -1.19. The first-order chi connectivity index (χ1) is 8.81. The lowest BCUT2D eigenvalue weighted by molar-refractivity contribution is 0.674. The lowest BCUT2D eigenvalue weighted by atomic mass is 10.1. The van der Waals surface area contributed by atoms with E-state index in [4.69, 9.17) is 0 Å². The van der Waals surface area contributed by atoms with Gasteiger partial charge in [0.15, 0.2) is 0 Å². The van der Waals surface area contributed by atoms with Crippen LogP contribution in [0.1, 0.15) is 23.2 Å². The highest BCUT2D eigenvalue weighted by Crippen LogP contribution is 2.28. The van der Waals surface area contributed by atoms with Crippen molar-refractivity contribution >= 4 is 11.3 Å². The molecule has 0 bridgehead atoms. The molecule has 0 saturated carbocycles. The summed E-state index contributed by atoms with van der Waals surface area (Å²) < 4.78 is 0. The van der Waals surface area contributed by atoms with Crippen LogP contribution in [0.15, 0.2) is 30.3 Å². The Morgan fingerprint density at radius 1 is 1.17 bits per heavy atom. The summed E-state index contributed by atoms with van der Waals surface area (Å²) in [6.07, 6.45) is 2.25. The summed E-state index contributed by atoms with van der Waals surface area (Å²) in [5, 5.41) is 4.60. The van der Waals surface area contributed by atoms with Gasteiger partial charge in [-0.15, -0.1) is 11.3 Å². The number of aromatic nitrogens is 1. The van der Waals surface area contributed by atoms with Crippen LogP contribution in [0, 0.1) is 6.92 Å². The molecule has 1 aromatic carbocycles. The van der Waals surface area contributed by atoms with Crippen LogP contribution >= 0.6 is 11.3 Å². The van der Waals surface area contributed by atoms with Crippen LogP contribution in [-0.2, 0) is 6.42 Å². The zero-order valence-electron chi connectivity index (χ0n) is 11.1. The van der Waals surface area contributed by atoms with Crippen molar-refractivity contribution in [1.82, 2.24) is 10.3 Å². The van der Waals surface area contributed by atoms with Crippen LogP contribution in [0.3, 0.4) is 0 Å². The van der Waals surface area contributed by atoms with Crippen molar-refractivity contribution in [2.24, 2.45) is 0 Å². The lowest BCUT2D eigenvalue weighted by Gasteiger charge is -2.04. The summed E-state index contributed by atoms with van der Waals surface area (Å²) >= 11 is 1.82. The van der Waals surface area contributed by atoms with Crippen molar-refractivity contribution in [2.45, 2.75) is 26.7 Å². The number of thiazole rings is 1. The van der Waals surface area contributed by atoms with E-state index in [2.05, 4.69) is 48.4 Å². The van der Waals surface area contributed by atoms with Gasteiger partial charge in [-0.2, -0.15) is 0 Å². The molecule has 1 N–H and O–H groups in total. The molecule has 0 amide bonds. The predicted octanol–water partition coefficient (Wildman–Crippen LogP) is 3.66. The molecule has 0 unspecified atom stereocenters. The number of nitrogens with zero attached hydrogens (tertiary/aromatic N) is 1. The van der Waals surface area contributed by atoms with Gasteiger partial charge in [0.25, 0.3) is 0 Å². The zero-order valence-corrected chi connectivity index (χ0v) is 11.9. The van der Waals surface area contributed by atoms with Gasteiger partial charge >= 0.3 is 0 Å². The van der Waals surface area contributed by atoms with E-state index in [1.165, 1.54) is 16.9 Å². The quantitative estimate of drug-likeness (QED) is 0.802. The molecule has 0 spiro atoms. The molecule has 96 valence electrons. The fourth-order valence-electron chi connectivity index (χ4n) is 1.96. The van der Waals surface area contributed by atoms with Gasteiger partial charge in [0.2, 0.25) is 0 Å². The van der Waals surface area contributed by atoms with Gasteiger partial charge in [-0.1, -0.05) is 37.3 Å². The van der Waals surface area contributed by atoms with Gasteiger partial charge in [0.05, 0.1) is 10.7 Å². The number of benzene rings is 1. The zero-order chi connectivity index (χ0) is 12.8. The highest BCUT2D eigenvalue weighted by atomic mass is 32.1. The van der Waals surface area contributed by atoms with Crippen LogP contribution in [0.25, 0.3) is 11.3 Å². The van der Waals surface area contributed by atoms with Crippen molar-refractivity contribution in [2.75, 3.05) is 13.1 Å². The molecule has 0 fully saturated rings. The molecule has 18 heavy (non-hydrogen) atoms. The van der Waals surface area contributed by atoms with Crippen LogP contribution < -0.4 is 5.32 Å². The van der Waals surface area contributed by atoms with Crippen LogP contribution in [0.5, 0.6) is 0 Å². The molecule has 0 aliphatic carbocycles. The standard InChI is InChI=1S/C15H20N2S/c1-3-10-16-11-9-14-15(17-12(2)18-14)13-7-5-4-6-8-13/h4-8,16H,3,9-11H2,1-2H3. The SMILES string of the molecule is CCCNCCc1sc(C)nc1-c1ccccc1. The molecular weight excluding hydrogens is 240 g/mol. The molecule has 0 aliphatic heterocycles. The summed E-state index contributed by atoms with van der Waals surface area (Å²) in [5.74, 6) is 0. The molecule has 2 aromatic rings. The van der Waals surface area contributed by atoms with Gasteiger partial charge in [0.1, 0.15) is 0 Å². The van der Waals surface area contributed by atoms with E-state index in [1.54, 1.807) is 0 Å². The highest BCUT2D eigenvalue weighted by Gasteiger charge is 2.10. The van der Waals surface area contributed by atoms with E-state index < -0.39 is 0 Å². The Bertz CT molecular complexity index is 476. The molecule has 2 nitrogen and oxygen atoms in total. The highest BCUT2D eigenvalue weighted by molar-refractivity contribution is 7.12. The Morgan fingerprint density at radius 3 is 2.67 bits per heavy atom. The molecule has 0 radical (unpaired) electrons. The van der Waals surface area contributed by atoms with Crippen molar-refractivity contribution in [1.29, 1.82) is 0 Å². The molecule has 1 heterocycles. The topological polar surface area (TPSA) is 24.9 Å². The normalized spacial score (nSPS) is 10.8. The van der Waals surface area contributed by atoms with E-state index in [1.807, 2.05) is 17.4 Å². The molecular formula is C15H20N2S. The smallest absolute Gasteiger partial charge is 0.0904 e. The molecule has 2 rings (SSSR count). The second kappa shape index (κ2) is 6.66. The third-order valence-electron chi connectivity index (χ3n) is 2.81. The van der Waals surface area contributed by atoms with Gasteiger partial charge in [-0.05, 0) is 26.3 Å². The van der Waals surface area contributed by atoms with Crippen LogP contribution in [0.2, 0.25) is 0 Å². The minimum atomic E-state index is 1.04. The van der Waals surface area contributed by atoms with Crippen molar-refractivity contribution in [3.8, 4) is 11.3 Å². The van der Waals surface area contributed by atoms with Crippen molar-refractivity contribution < 1.29 is 0 Å². The summed E-state index contributed by atoms with van der Waals surface area (Å²) in [7, 11) is 0. The number of hydrogen-bond acceptors (Lipinski definition) is 3. The first kappa shape index (κ1) is 13.2. The van der Waals surface area contributed by atoms with Crippen molar-refractivity contribution in [3.63, 3.8) is 0 Å². The molecule has 1 aromatic heterocycles. The third kappa shape index (κ3) is 3.40. The van der Waals surface area contributed by atoms with E-state index in [-0.39, 0.29) is 0 Å². The summed E-state index contributed by atoms with van der Waals surface area (Å²) in [6, 6.07) is 10.5. The minimum Gasteiger partial charge on any atom is -0.316 e. The van der Waals surface area contributed by atoms with Gasteiger partial charge in [-0.25, -0.2) is 4.98 Å². The molecule has 0 atom stereocenters. The second-order valence-electron chi connectivity index (χ2n) is 4.37. The van der Waals surface area contributed by atoms with Gasteiger partial charge in [-0.3, -0.25) is 0 Å². The first-order valence-corrected chi connectivity index (χ1v) is 7.35. The molecule has 3 heteroatoms. The Balaban J connectivity index is 2.11. The van der Waals surface area contributed by atoms with Crippen LogP contribution in [-0.4, -0.2) is 18.1 Å². The van der Waals surface area contributed by atoms with E-state index >= 15 is 0 Å². The first-order valence-electron chi connectivity index (χ1n) is 6.53. The Kier molecular flexibility index (Phi) is 4.90. The maximum atomic E-state index is 4.67. The summed E-state index contributed by atoms with van der Waals surface area (Å²) in [5.41, 5.74) is 2.39. The van der Waals surface area contributed by atoms with E-state index in [0.717, 1.165) is 30.2 Å². The average molecular weight is 260 g/mol. The number of hydrogen-bond donors (Lipinski definition) is 1. The monoisotopic (exact) mass is 260 g/mol. The van der Waals surface area contributed by atoms with E-state index in [9.17, 15) is 0 Å². The summed E-state index contributed by atoms with van der Waals surface area (Å²) in [4.78, 5) is 6.06. The third-order valence-corrected chi connectivity index (χ3v) is 3.84. The molecule has 0 saturated heterocycles. The lowest BCUT2D eigenvalue weighted by Crippen LogP contribution is -2.17.